The minimum atomic E-state index is -4.99. The number of carbonyl (C=O) groups excluding carboxylic acids is 1. The van der Waals surface area contributed by atoms with Gasteiger partial charge in [-0.05, 0) is 13.0 Å². The van der Waals surface area contributed by atoms with Gasteiger partial charge in [-0.15, -0.1) is 0 Å². The Hall–Kier alpha value is -1.73. The number of rotatable bonds is 3. The third-order valence-corrected chi connectivity index (χ3v) is 1.98. The topological polar surface area (TPSA) is 39.2 Å². The lowest BCUT2D eigenvalue weighted by atomic mass is 10.1. The van der Waals surface area contributed by atoms with Gasteiger partial charge in [0, 0.05) is 6.20 Å². The molecule has 1 rings (SSSR count). The second kappa shape index (κ2) is 5.28. The predicted octanol–water partition coefficient (Wildman–Crippen LogP) is 3.21. The zero-order valence-corrected chi connectivity index (χ0v) is 9.09. The molecule has 1 heterocycles. The molecular formula is C10H8F5NO2. The highest BCUT2D eigenvalue weighted by Gasteiger charge is 2.38. The first-order valence-electron chi connectivity index (χ1n) is 4.80. The van der Waals surface area contributed by atoms with Crippen LogP contribution in [0.3, 0.4) is 0 Å². The van der Waals surface area contributed by atoms with E-state index in [4.69, 9.17) is 0 Å². The molecule has 0 bridgehead atoms. The molecule has 100 valence electrons. The summed E-state index contributed by atoms with van der Waals surface area (Å²) in [6, 6.07) is 0.393. The number of esters is 1. The number of carbonyl (C=O) groups is 1. The molecule has 0 spiro atoms. The van der Waals surface area contributed by atoms with Gasteiger partial charge in [-0.3, -0.25) is 0 Å². The molecule has 0 fully saturated rings. The van der Waals surface area contributed by atoms with Gasteiger partial charge in [0.1, 0.15) is 0 Å². The summed E-state index contributed by atoms with van der Waals surface area (Å²) in [4.78, 5) is 14.5. The molecule has 0 aliphatic carbocycles. The van der Waals surface area contributed by atoms with Gasteiger partial charge >= 0.3 is 12.1 Å². The molecule has 1 aromatic rings. The Morgan fingerprint density at radius 2 is 2.06 bits per heavy atom. The third kappa shape index (κ3) is 2.93. The number of hydrogen-bond donors (Lipinski definition) is 0. The highest BCUT2D eigenvalue weighted by molar-refractivity contribution is 5.89. The fourth-order valence-electron chi connectivity index (χ4n) is 1.30. The average molecular weight is 269 g/mol. The van der Waals surface area contributed by atoms with Crippen LogP contribution in [0.1, 0.15) is 35.0 Å². The number of nitrogens with zero attached hydrogens (tertiary/aromatic N) is 1. The zero-order valence-electron chi connectivity index (χ0n) is 9.09. The van der Waals surface area contributed by atoms with E-state index in [0.717, 1.165) is 0 Å². The van der Waals surface area contributed by atoms with E-state index in [1.807, 2.05) is 0 Å². The van der Waals surface area contributed by atoms with Crippen LogP contribution in [0.15, 0.2) is 12.3 Å². The first kappa shape index (κ1) is 14.3. The maximum atomic E-state index is 12.7. The van der Waals surface area contributed by atoms with Crippen LogP contribution in [0, 0.1) is 0 Å². The van der Waals surface area contributed by atoms with Gasteiger partial charge < -0.3 is 4.74 Å². The number of ether oxygens (including phenoxy) is 1. The summed E-state index contributed by atoms with van der Waals surface area (Å²) < 4.78 is 67.3. The zero-order chi connectivity index (χ0) is 13.9. The van der Waals surface area contributed by atoms with Crippen LogP contribution in [0.2, 0.25) is 0 Å². The van der Waals surface area contributed by atoms with E-state index in [1.165, 1.54) is 6.92 Å². The third-order valence-electron chi connectivity index (χ3n) is 1.98. The van der Waals surface area contributed by atoms with Crippen molar-refractivity contribution in [1.29, 1.82) is 0 Å². The Morgan fingerprint density at radius 1 is 1.44 bits per heavy atom. The molecule has 0 unspecified atom stereocenters. The van der Waals surface area contributed by atoms with E-state index in [1.54, 1.807) is 0 Å². The summed E-state index contributed by atoms with van der Waals surface area (Å²) in [6.45, 7) is 1.24. The van der Waals surface area contributed by atoms with Crippen LogP contribution < -0.4 is 0 Å². The largest absolute Gasteiger partial charge is 0.461 e. The van der Waals surface area contributed by atoms with Crippen molar-refractivity contribution >= 4 is 5.97 Å². The van der Waals surface area contributed by atoms with E-state index in [2.05, 4.69) is 9.72 Å². The van der Waals surface area contributed by atoms with Gasteiger partial charge in [0.15, 0.2) is 5.69 Å². The highest BCUT2D eigenvalue weighted by atomic mass is 19.4. The van der Waals surface area contributed by atoms with Gasteiger partial charge in [-0.1, -0.05) is 0 Å². The van der Waals surface area contributed by atoms with Crippen molar-refractivity contribution < 1.29 is 31.5 Å². The second-order valence-corrected chi connectivity index (χ2v) is 3.14. The molecule has 0 N–H and O–H groups in total. The molecule has 8 heteroatoms. The maximum absolute atomic E-state index is 12.7. The summed E-state index contributed by atoms with van der Waals surface area (Å²) in [6.07, 6.45) is -7.83. The number of alkyl halides is 5. The van der Waals surface area contributed by atoms with E-state index in [9.17, 15) is 26.7 Å². The SMILES string of the molecule is CCOC(=O)c1nccc(C(F)(F)F)c1C(F)F. The monoisotopic (exact) mass is 269 g/mol. The number of aromatic nitrogens is 1. The van der Waals surface area contributed by atoms with Crippen molar-refractivity contribution in [3.63, 3.8) is 0 Å². The summed E-state index contributed by atoms with van der Waals surface area (Å²) in [5.41, 5.74) is -4.05. The second-order valence-electron chi connectivity index (χ2n) is 3.14. The van der Waals surface area contributed by atoms with Crippen LogP contribution >= 0.6 is 0 Å². The quantitative estimate of drug-likeness (QED) is 0.624. The van der Waals surface area contributed by atoms with Crippen LogP contribution in [-0.2, 0) is 10.9 Å². The minimum Gasteiger partial charge on any atom is -0.461 e. The Bertz CT molecular complexity index is 444. The Balaban J connectivity index is 3.40. The maximum Gasteiger partial charge on any atom is 0.417 e. The van der Waals surface area contributed by atoms with E-state index in [0.29, 0.717) is 12.3 Å². The molecule has 0 saturated heterocycles. The molecule has 18 heavy (non-hydrogen) atoms. The molecule has 3 nitrogen and oxygen atoms in total. The lowest BCUT2D eigenvalue weighted by molar-refractivity contribution is -0.139. The molecule has 0 amide bonds. The lowest BCUT2D eigenvalue weighted by Crippen LogP contribution is -2.17. The summed E-state index contributed by atoms with van der Waals surface area (Å²) >= 11 is 0. The summed E-state index contributed by atoms with van der Waals surface area (Å²) in [5, 5.41) is 0. The Kier molecular flexibility index (Phi) is 4.20. The van der Waals surface area contributed by atoms with E-state index in [-0.39, 0.29) is 6.61 Å². The van der Waals surface area contributed by atoms with E-state index >= 15 is 0 Å². The molecule has 0 aliphatic rings. The van der Waals surface area contributed by atoms with Crippen molar-refractivity contribution in [1.82, 2.24) is 4.98 Å². The first-order chi connectivity index (χ1) is 8.29. The van der Waals surface area contributed by atoms with Crippen molar-refractivity contribution in [2.24, 2.45) is 0 Å². The van der Waals surface area contributed by atoms with Gasteiger partial charge in [0.2, 0.25) is 0 Å². The fraction of sp³-hybridized carbons (Fsp3) is 0.400. The highest BCUT2D eigenvalue weighted by Crippen LogP contribution is 2.37. The standard InChI is InChI=1S/C10H8F5NO2/c1-2-18-9(17)7-6(8(11)12)5(3-4-16-7)10(13,14)15/h3-4,8H,2H2,1H3. The Labute approximate surface area is 98.6 Å². The van der Waals surface area contributed by atoms with Gasteiger partial charge in [-0.2, -0.15) is 13.2 Å². The minimum absolute atomic E-state index is 0.153. The van der Waals surface area contributed by atoms with Gasteiger partial charge in [0.25, 0.3) is 6.43 Å². The van der Waals surface area contributed by atoms with Crippen molar-refractivity contribution in [3.05, 3.63) is 29.1 Å². The van der Waals surface area contributed by atoms with Crippen LogP contribution in [-0.4, -0.2) is 17.6 Å². The first-order valence-corrected chi connectivity index (χ1v) is 4.80. The molecule has 0 aliphatic heterocycles. The number of hydrogen-bond acceptors (Lipinski definition) is 3. The normalized spacial score (nSPS) is 11.7. The molecule has 0 aromatic carbocycles. The smallest absolute Gasteiger partial charge is 0.417 e. The van der Waals surface area contributed by atoms with Crippen molar-refractivity contribution in [2.75, 3.05) is 6.61 Å². The lowest BCUT2D eigenvalue weighted by Gasteiger charge is -2.14. The molecule has 0 radical (unpaired) electrons. The molecule has 0 saturated carbocycles. The van der Waals surface area contributed by atoms with Crippen LogP contribution in [0.25, 0.3) is 0 Å². The van der Waals surface area contributed by atoms with Gasteiger partial charge in [0.05, 0.1) is 17.7 Å². The Morgan fingerprint density at radius 3 is 2.50 bits per heavy atom. The molecule has 0 atom stereocenters. The van der Waals surface area contributed by atoms with Crippen molar-refractivity contribution in [3.8, 4) is 0 Å². The molecular weight excluding hydrogens is 261 g/mol. The van der Waals surface area contributed by atoms with Crippen molar-refractivity contribution in [2.45, 2.75) is 19.5 Å². The van der Waals surface area contributed by atoms with Gasteiger partial charge in [-0.25, -0.2) is 18.6 Å². The summed E-state index contributed by atoms with van der Waals surface area (Å²) in [5.74, 6) is -1.31. The summed E-state index contributed by atoms with van der Waals surface area (Å²) in [7, 11) is 0. The van der Waals surface area contributed by atoms with Crippen LogP contribution in [0.4, 0.5) is 22.0 Å². The van der Waals surface area contributed by atoms with E-state index < -0.39 is 35.4 Å². The predicted molar refractivity (Wildman–Crippen MR) is 50.2 cm³/mol. The molecule has 1 aromatic heterocycles. The number of halogens is 5. The van der Waals surface area contributed by atoms with Crippen LogP contribution in [0.5, 0.6) is 0 Å². The average Bonchev–Trinajstić information content (AvgIpc) is 2.27. The number of pyridine rings is 1. The fourth-order valence-corrected chi connectivity index (χ4v) is 1.30.